The average Bonchev–Trinajstić information content (AvgIpc) is 1.92. The molecule has 0 aromatic carbocycles. The van der Waals surface area contributed by atoms with Crippen molar-refractivity contribution in [1.29, 1.82) is 0 Å². The molecule has 0 radical (unpaired) electrons. The van der Waals surface area contributed by atoms with Crippen molar-refractivity contribution in [3.8, 4) is 5.75 Å². The van der Waals surface area contributed by atoms with Crippen LogP contribution < -0.4 is 0 Å². The van der Waals surface area contributed by atoms with Gasteiger partial charge in [-0.05, 0) is 28.1 Å². The molecular weight excluding hydrogens is 269 g/mol. The minimum atomic E-state index is -3.97. The SMILES string of the molecule is O=S(=O)(Cl)c1nc(Br)ccc1O. The van der Waals surface area contributed by atoms with Gasteiger partial charge in [0.25, 0.3) is 9.05 Å². The maximum atomic E-state index is 10.7. The molecule has 0 amide bonds. The van der Waals surface area contributed by atoms with E-state index in [9.17, 15) is 8.42 Å². The van der Waals surface area contributed by atoms with Gasteiger partial charge in [0.15, 0.2) is 5.75 Å². The first-order chi connectivity index (χ1) is 5.41. The zero-order valence-corrected chi connectivity index (χ0v) is 8.69. The van der Waals surface area contributed by atoms with Gasteiger partial charge >= 0.3 is 0 Å². The van der Waals surface area contributed by atoms with E-state index in [2.05, 4.69) is 20.9 Å². The molecule has 4 nitrogen and oxygen atoms in total. The summed E-state index contributed by atoms with van der Waals surface area (Å²) in [5.41, 5.74) is 0. The standard InChI is InChI=1S/C5H3BrClNO3S/c6-4-2-1-3(9)5(8-4)12(7,10)11/h1-2,9H. The third-order valence-electron chi connectivity index (χ3n) is 1.04. The molecule has 0 saturated heterocycles. The number of pyridine rings is 1. The highest BCUT2D eigenvalue weighted by Crippen LogP contribution is 2.24. The second-order valence-corrected chi connectivity index (χ2v) is 5.19. The van der Waals surface area contributed by atoms with Crippen molar-refractivity contribution in [3.05, 3.63) is 16.7 Å². The summed E-state index contributed by atoms with van der Waals surface area (Å²) in [6, 6.07) is 2.59. The summed E-state index contributed by atoms with van der Waals surface area (Å²) in [7, 11) is 0.990. The second-order valence-electron chi connectivity index (χ2n) is 1.90. The van der Waals surface area contributed by atoms with E-state index in [0.717, 1.165) is 0 Å². The Balaban J connectivity index is 3.43. The summed E-state index contributed by atoms with van der Waals surface area (Å²) < 4.78 is 21.7. The van der Waals surface area contributed by atoms with Crippen LogP contribution in [0.3, 0.4) is 0 Å². The van der Waals surface area contributed by atoms with E-state index < -0.39 is 19.8 Å². The number of nitrogens with zero attached hydrogens (tertiary/aromatic N) is 1. The topological polar surface area (TPSA) is 67.3 Å². The third-order valence-corrected chi connectivity index (χ3v) is 2.68. The number of hydrogen-bond donors (Lipinski definition) is 1. The summed E-state index contributed by atoms with van der Waals surface area (Å²) in [4.78, 5) is 3.49. The number of hydrogen-bond acceptors (Lipinski definition) is 4. The Labute approximate surface area is 81.7 Å². The number of aromatic hydroxyl groups is 1. The lowest BCUT2D eigenvalue weighted by molar-refractivity contribution is 0.452. The monoisotopic (exact) mass is 271 g/mol. The van der Waals surface area contributed by atoms with Gasteiger partial charge in [0.2, 0.25) is 5.03 Å². The zero-order chi connectivity index (χ0) is 9.35. The highest BCUT2D eigenvalue weighted by atomic mass is 79.9. The van der Waals surface area contributed by atoms with E-state index in [4.69, 9.17) is 15.8 Å². The van der Waals surface area contributed by atoms with Crippen LogP contribution in [0.2, 0.25) is 0 Å². The van der Waals surface area contributed by atoms with Gasteiger partial charge in [-0.1, -0.05) is 0 Å². The molecule has 1 heterocycles. The molecule has 1 N–H and O–H groups in total. The molecule has 0 bridgehead atoms. The van der Waals surface area contributed by atoms with Crippen LogP contribution in [0.1, 0.15) is 0 Å². The molecule has 0 aliphatic heterocycles. The van der Waals surface area contributed by atoms with Crippen molar-refractivity contribution in [2.45, 2.75) is 5.03 Å². The van der Waals surface area contributed by atoms with E-state index in [0.29, 0.717) is 4.60 Å². The van der Waals surface area contributed by atoms with Crippen molar-refractivity contribution in [2.24, 2.45) is 0 Å². The Morgan fingerprint density at radius 3 is 2.50 bits per heavy atom. The van der Waals surface area contributed by atoms with Crippen LogP contribution in [-0.4, -0.2) is 18.5 Å². The van der Waals surface area contributed by atoms with Crippen LogP contribution in [0.5, 0.6) is 5.75 Å². The highest BCUT2D eigenvalue weighted by Gasteiger charge is 2.17. The van der Waals surface area contributed by atoms with E-state index >= 15 is 0 Å². The molecule has 0 spiro atoms. The van der Waals surface area contributed by atoms with Crippen molar-refractivity contribution in [1.82, 2.24) is 4.98 Å². The summed E-state index contributed by atoms with van der Waals surface area (Å²) in [5, 5.41) is 8.48. The molecule has 1 aromatic heterocycles. The average molecular weight is 273 g/mol. The molecule has 12 heavy (non-hydrogen) atoms. The highest BCUT2D eigenvalue weighted by molar-refractivity contribution is 9.10. The van der Waals surface area contributed by atoms with Crippen molar-refractivity contribution < 1.29 is 13.5 Å². The fraction of sp³-hybridized carbons (Fsp3) is 0. The minimum Gasteiger partial charge on any atom is -0.505 e. The largest absolute Gasteiger partial charge is 0.505 e. The van der Waals surface area contributed by atoms with E-state index in [-0.39, 0.29) is 0 Å². The van der Waals surface area contributed by atoms with Crippen LogP contribution in [0.4, 0.5) is 0 Å². The first kappa shape index (κ1) is 9.76. The second kappa shape index (κ2) is 3.20. The summed E-state index contributed by atoms with van der Waals surface area (Å²) in [5.74, 6) is -0.465. The van der Waals surface area contributed by atoms with Crippen LogP contribution in [0, 0.1) is 0 Å². The fourth-order valence-corrected chi connectivity index (χ4v) is 1.88. The fourth-order valence-electron chi connectivity index (χ4n) is 0.590. The molecule has 0 aliphatic rings. The van der Waals surface area contributed by atoms with Crippen molar-refractivity contribution in [2.75, 3.05) is 0 Å². The van der Waals surface area contributed by atoms with Crippen LogP contribution >= 0.6 is 26.6 Å². The quantitative estimate of drug-likeness (QED) is 0.621. The van der Waals surface area contributed by atoms with Crippen LogP contribution in [0.15, 0.2) is 21.8 Å². The van der Waals surface area contributed by atoms with E-state index in [1.54, 1.807) is 0 Å². The Kier molecular flexibility index (Phi) is 2.60. The molecule has 0 atom stereocenters. The lowest BCUT2D eigenvalue weighted by Crippen LogP contribution is -1.95. The molecule has 0 saturated carbocycles. The summed E-state index contributed by atoms with van der Waals surface area (Å²) in [6.45, 7) is 0. The molecule has 0 aliphatic carbocycles. The van der Waals surface area contributed by atoms with Crippen LogP contribution in [-0.2, 0) is 9.05 Å². The van der Waals surface area contributed by atoms with Gasteiger partial charge in [0, 0.05) is 10.7 Å². The van der Waals surface area contributed by atoms with Crippen LogP contribution in [0.25, 0.3) is 0 Å². The Hall–Kier alpha value is -0.330. The van der Waals surface area contributed by atoms with Gasteiger partial charge in [-0.25, -0.2) is 13.4 Å². The molecule has 66 valence electrons. The van der Waals surface area contributed by atoms with Crippen molar-refractivity contribution in [3.63, 3.8) is 0 Å². The van der Waals surface area contributed by atoms with E-state index in [1.807, 2.05) is 0 Å². The molecular formula is C5H3BrClNO3S. The predicted molar refractivity (Wildman–Crippen MR) is 46.6 cm³/mol. The van der Waals surface area contributed by atoms with Gasteiger partial charge in [0.1, 0.15) is 4.60 Å². The van der Waals surface area contributed by atoms with E-state index in [1.165, 1.54) is 12.1 Å². The van der Waals surface area contributed by atoms with Gasteiger partial charge in [-0.3, -0.25) is 0 Å². The first-order valence-electron chi connectivity index (χ1n) is 2.71. The molecule has 7 heteroatoms. The van der Waals surface area contributed by atoms with Crippen molar-refractivity contribution >= 4 is 35.7 Å². The zero-order valence-electron chi connectivity index (χ0n) is 5.53. The molecule has 0 unspecified atom stereocenters. The number of rotatable bonds is 1. The molecule has 0 fully saturated rings. The lowest BCUT2D eigenvalue weighted by Gasteiger charge is -1.98. The number of halogens is 2. The molecule has 1 aromatic rings. The van der Waals surface area contributed by atoms with Gasteiger partial charge in [-0.2, -0.15) is 0 Å². The normalized spacial score (nSPS) is 11.5. The maximum absolute atomic E-state index is 10.7. The smallest absolute Gasteiger partial charge is 0.282 e. The maximum Gasteiger partial charge on any atom is 0.282 e. The third kappa shape index (κ3) is 2.09. The van der Waals surface area contributed by atoms with Gasteiger partial charge in [-0.15, -0.1) is 0 Å². The predicted octanol–water partition coefficient (Wildman–Crippen LogP) is 1.48. The first-order valence-corrected chi connectivity index (χ1v) is 5.81. The van der Waals surface area contributed by atoms with Gasteiger partial charge < -0.3 is 5.11 Å². The summed E-state index contributed by atoms with van der Waals surface area (Å²) >= 11 is 2.94. The Morgan fingerprint density at radius 1 is 1.50 bits per heavy atom. The summed E-state index contributed by atoms with van der Waals surface area (Å²) in [6.07, 6.45) is 0. The lowest BCUT2D eigenvalue weighted by atomic mass is 10.5. The minimum absolute atomic E-state index is 0.291. The Morgan fingerprint density at radius 2 is 2.08 bits per heavy atom. The van der Waals surface area contributed by atoms with Gasteiger partial charge in [0.05, 0.1) is 0 Å². The Bertz CT molecular complexity index is 405. The number of aromatic nitrogens is 1. The molecule has 1 rings (SSSR count).